The summed E-state index contributed by atoms with van der Waals surface area (Å²) in [6, 6.07) is 23.6. The first-order valence-corrected chi connectivity index (χ1v) is 13.7. The second-order valence-corrected chi connectivity index (χ2v) is 10.3. The third-order valence-corrected chi connectivity index (χ3v) is 7.63. The Balaban J connectivity index is 1.41. The highest BCUT2D eigenvalue weighted by Gasteiger charge is 2.22. The van der Waals surface area contributed by atoms with E-state index in [9.17, 15) is 15.0 Å². The Bertz CT molecular complexity index is 1730. The topological polar surface area (TPSA) is 86.5 Å². The largest absolute Gasteiger partial charge is 0.508 e. The fraction of sp³-hybridized carbons (Fsp3) is 0.0333. The number of fused-ring (bicyclic) bond motifs is 1. The van der Waals surface area contributed by atoms with Gasteiger partial charge >= 0.3 is 0 Å². The number of phenolic OH excluding ortho intramolecular Hbond substituents is 2. The van der Waals surface area contributed by atoms with Crippen molar-refractivity contribution < 1.29 is 15.0 Å². The molecule has 3 aromatic carbocycles. The van der Waals surface area contributed by atoms with Gasteiger partial charge in [0.25, 0.3) is 5.91 Å². The molecule has 0 spiro atoms. The molecule has 3 heterocycles. The Morgan fingerprint density at radius 1 is 0.816 bits per heavy atom. The highest BCUT2D eigenvalue weighted by atomic mass is 32.1. The van der Waals surface area contributed by atoms with E-state index in [-0.39, 0.29) is 23.0 Å². The number of rotatable bonds is 6. The van der Waals surface area contributed by atoms with E-state index >= 15 is 0 Å². The van der Waals surface area contributed by atoms with Crippen LogP contribution in [0.1, 0.15) is 15.9 Å². The molecule has 3 aromatic heterocycles. The van der Waals surface area contributed by atoms with Gasteiger partial charge in [-0.1, -0.05) is 30.3 Å². The van der Waals surface area contributed by atoms with Crippen LogP contribution in [0, 0.1) is 0 Å². The van der Waals surface area contributed by atoms with E-state index in [1.807, 2.05) is 82.2 Å². The summed E-state index contributed by atoms with van der Waals surface area (Å²) in [5.74, 6) is -0.0724. The van der Waals surface area contributed by atoms with Crippen molar-refractivity contribution in [3.05, 3.63) is 112 Å². The van der Waals surface area contributed by atoms with Gasteiger partial charge < -0.3 is 15.1 Å². The van der Waals surface area contributed by atoms with Gasteiger partial charge in [-0.3, -0.25) is 4.79 Å². The van der Waals surface area contributed by atoms with Crippen molar-refractivity contribution in [1.29, 1.82) is 0 Å². The van der Waals surface area contributed by atoms with Gasteiger partial charge in [0.1, 0.15) is 11.5 Å². The zero-order valence-corrected chi connectivity index (χ0v) is 21.6. The van der Waals surface area contributed by atoms with Crippen LogP contribution in [-0.2, 0) is 6.54 Å². The van der Waals surface area contributed by atoms with Gasteiger partial charge in [-0.2, -0.15) is 22.7 Å². The predicted molar refractivity (Wildman–Crippen MR) is 153 cm³/mol. The number of hydrogen-bond donors (Lipinski definition) is 2. The minimum atomic E-state index is -0.367. The third kappa shape index (κ3) is 4.63. The van der Waals surface area contributed by atoms with E-state index < -0.39 is 0 Å². The first-order valence-electron chi connectivity index (χ1n) is 11.8. The van der Waals surface area contributed by atoms with Crippen LogP contribution in [0.5, 0.6) is 11.5 Å². The molecule has 0 aliphatic rings. The molecule has 0 aliphatic carbocycles. The Morgan fingerprint density at radius 3 is 2.34 bits per heavy atom. The van der Waals surface area contributed by atoms with Gasteiger partial charge in [0, 0.05) is 33.6 Å². The molecule has 6 aromatic rings. The number of amides is 1. The summed E-state index contributed by atoms with van der Waals surface area (Å²) in [5, 5.41) is 29.0. The quantitative estimate of drug-likeness (QED) is 0.233. The van der Waals surface area contributed by atoms with Crippen molar-refractivity contribution in [2.75, 3.05) is 4.90 Å². The molecular formula is C30H21N3O3S2. The van der Waals surface area contributed by atoms with Crippen LogP contribution in [0.15, 0.2) is 100 Å². The number of anilines is 1. The lowest BCUT2D eigenvalue weighted by Gasteiger charge is -2.23. The van der Waals surface area contributed by atoms with E-state index in [0.29, 0.717) is 18.1 Å². The Morgan fingerprint density at radius 2 is 1.61 bits per heavy atom. The van der Waals surface area contributed by atoms with Crippen LogP contribution >= 0.6 is 22.7 Å². The molecule has 0 unspecified atom stereocenters. The zero-order valence-electron chi connectivity index (χ0n) is 20.0. The summed E-state index contributed by atoms with van der Waals surface area (Å²) in [7, 11) is 0. The Labute approximate surface area is 226 Å². The first kappa shape index (κ1) is 23.8. The first-order chi connectivity index (χ1) is 18.6. The maximum Gasteiger partial charge on any atom is 0.262 e. The summed E-state index contributed by atoms with van der Waals surface area (Å²) >= 11 is 3.16. The molecule has 0 saturated carbocycles. The zero-order chi connectivity index (χ0) is 26.1. The normalized spacial score (nSPS) is 11.1. The molecule has 0 radical (unpaired) electrons. The van der Waals surface area contributed by atoms with Crippen molar-refractivity contribution in [2.45, 2.75) is 6.54 Å². The lowest BCUT2D eigenvalue weighted by Crippen LogP contribution is -2.30. The number of nitrogens with zero attached hydrogens (tertiary/aromatic N) is 3. The second kappa shape index (κ2) is 10.1. The van der Waals surface area contributed by atoms with Crippen LogP contribution < -0.4 is 4.90 Å². The van der Waals surface area contributed by atoms with Crippen molar-refractivity contribution in [2.24, 2.45) is 0 Å². The van der Waals surface area contributed by atoms with Gasteiger partial charge in [-0.25, -0.2) is 9.97 Å². The Kier molecular flexibility index (Phi) is 6.33. The number of hydrogen-bond acceptors (Lipinski definition) is 7. The highest BCUT2D eigenvalue weighted by molar-refractivity contribution is 7.08. The molecule has 38 heavy (non-hydrogen) atoms. The molecule has 6 nitrogen and oxygen atoms in total. The van der Waals surface area contributed by atoms with Gasteiger partial charge in [0.2, 0.25) is 0 Å². The SMILES string of the molecule is O=C(c1ccc(O)cc1O)N(Cc1ccsc1)c1ccc(-c2nc(-c3ccsc3)nc3ccccc23)cc1. The summed E-state index contributed by atoms with van der Waals surface area (Å²) in [6.07, 6.45) is 0. The molecule has 0 bridgehead atoms. The molecule has 6 rings (SSSR count). The van der Waals surface area contributed by atoms with Crippen molar-refractivity contribution >= 4 is 45.2 Å². The standard InChI is InChI=1S/C30H21N3O3S2/c34-23-9-10-25(27(35)15-23)30(36)33(16-19-11-13-37-17-19)22-7-5-20(6-8-22)28-24-3-1-2-4-26(24)31-29(32-28)21-12-14-38-18-21/h1-15,17-18,34-35H,16H2. The summed E-state index contributed by atoms with van der Waals surface area (Å²) < 4.78 is 0. The van der Waals surface area contributed by atoms with Crippen LogP contribution in [0.4, 0.5) is 5.69 Å². The molecule has 0 aliphatic heterocycles. The second-order valence-electron chi connectivity index (χ2n) is 8.70. The average molecular weight is 536 g/mol. The van der Waals surface area contributed by atoms with Gasteiger partial charge in [0.05, 0.1) is 23.3 Å². The number of carbonyl (C=O) groups is 1. The minimum Gasteiger partial charge on any atom is -0.508 e. The highest BCUT2D eigenvalue weighted by Crippen LogP contribution is 2.32. The molecule has 186 valence electrons. The van der Waals surface area contributed by atoms with E-state index in [0.717, 1.165) is 33.3 Å². The summed E-state index contributed by atoms with van der Waals surface area (Å²) in [6.45, 7) is 0.334. The number of aromatic nitrogens is 2. The molecule has 0 atom stereocenters. The minimum absolute atomic E-state index is 0.105. The third-order valence-electron chi connectivity index (χ3n) is 6.21. The van der Waals surface area contributed by atoms with Crippen molar-refractivity contribution in [3.8, 4) is 34.1 Å². The van der Waals surface area contributed by atoms with E-state index in [2.05, 4.69) is 0 Å². The fourth-order valence-corrected chi connectivity index (χ4v) is 5.60. The fourth-order valence-electron chi connectivity index (χ4n) is 4.31. The smallest absolute Gasteiger partial charge is 0.262 e. The maximum absolute atomic E-state index is 13.6. The number of para-hydroxylation sites is 1. The lowest BCUT2D eigenvalue weighted by atomic mass is 10.0. The van der Waals surface area contributed by atoms with Crippen LogP contribution in [0.3, 0.4) is 0 Å². The van der Waals surface area contributed by atoms with Gasteiger partial charge in [-0.05, 0) is 64.2 Å². The van der Waals surface area contributed by atoms with Crippen LogP contribution in [-0.4, -0.2) is 26.1 Å². The van der Waals surface area contributed by atoms with Crippen molar-refractivity contribution in [1.82, 2.24) is 9.97 Å². The molecule has 1 amide bonds. The van der Waals surface area contributed by atoms with E-state index in [4.69, 9.17) is 9.97 Å². The predicted octanol–water partition coefficient (Wildman–Crippen LogP) is 7.35. The number of carbonyl (C=O) groups excluding carboxylic acids is 1. The maximum atomic E-state index is 13.6. The van der Waals surface area contributed by atoms with Crippen LogP contribution in [0.25, 0.3) is 33.5 Å². The average Bonchev–Trinajstić information content (AvgIpc) is 3.66. The van der Waals surface area contributed by atoms with Crippen molar-refractivity contribution in [3.63, 3.8) is 0 Å². The van der Waals surface area contributed by atoms with E-state index in [1.165, 1.54) is 18.2 Å². The molecule has 2 N–H and O–H groups in total. The molecule has 8 heteroatoms. The van der Waals surface area contributed by atoms with E-state index in [1.54, 1.807) is 27.6 Å². The molecular weight excluding hydrogens is 514 g/mol. The van der Waals surface area contributed by atoms with Crippen LogP contribution in [0.2, 0.25) is 0 Å². The Hall–Kier alpha value is -4.53. The summed E-state index contributed by atoms with van der Waals surface area (Å²) in [4.78, 5) is 24.9. The number of aromatic hydroxyl groups is 2. The van der Waals surface area contributed by atoms with Gasteiger partial charge in [-0.15, -0.1) is 0 Å². The number of benzene rings is 3. The number of thiophene rings is 2. The molecule has 0 saturated heterocycles. The monoisotopic (exact) mass is 535 g/mol. The lowest BCUT2D eigenvalue weighted by molar-refractivity contribution is 0.0982. The summed E-state index contributed by atoms with van der Waals surface area (Å²) in [5.41, 5.74) is 5.32. The molecule has 0 fully saturated rings. The van der Waals surface area contributed by atoms with Gasteiger partial charge in [0.15, 0.2) is 5.82 Å². The number of phenols is 2.